The molecule has 764 valence electrons. The van der Waals surface area contributed by atoms with Crippen LogP contribution in [0.15, 0.2) is 0 Å². The van der Waals surface area contributed by atoms with Crippen LogP contribution in [-0.4, -0.2) is 302 Å². The molecule has 0 unspecified atom stereocenters. The molecule has 0 aliphatic carbocycles. The van der Waals surface area contributed by atoms with Gasteiger partial charge in [0.15, 0.2) is 0 Å². The van der Waals surface area contributed by atoms with Gasteiger partial charge in [-0.25, -0.2) is 0 Å². The first-order valence-corrected chi connectivity index (χ1v) is 46.2. The minimum absolute atomic E-state index is 0.0310. The summed E-state index contributed by atoms with van der Waals surface area (Å²) in [5, 5.41) is 107. The molecule has 0 bridgehead atoms. The Morgan fingerprint density at radius 1 is 0.203 bits per heavy atom. The van der Waals surface area contributed by atoms with E-state index in [2.05, 4.69) is 90.4 Å². The molecule has 0 saturated carbocycles. The van der Waals surface area contributed by atoms with Crippen LogP contribution >= 0.6 is 0 Å². The molecule has 0 heterocycles. The molecule has 0 rings (SSSR count). The van der Waals surface area contributed by atoms with Gasteiger partial charge in [0, 0.05) is 0 Å². The standard InChI is InChI=1S/C87H162N22O24/c1-40(2)34-55(91)74(120)97-58(30-24-27-33-90)77(123)106-66(51(18)112)85(131)102-61(37-43(7)8)79(125)94-48(15)73(119)104-64(49(16)110)82(128)95-47(14)72(118)100-62(38-44(9)10)80(126)107-65(50(17)111)83(129)98-56(28-22-25-31-88)75(121)101-60(36-42(5)6)78(124)93-46(13)71(117)96-57(29-23-26-32-89)76(122)105-67(52(19)113)86(132)103-63(39-45(11)12)81(127)108-69(54(21)115)87(133)109-68(53(20)114)84(130)99-59(70(92)116)35-41(3)4/h40-69,110-115H,22-39,88-91H2,1-21H3,(H2,92,116)(H,93,124)(H,94,125)(H,95,128)(H,96,117)(H,97,120)(H,98,129)(H,99,130)(H,100,118)(H,101,121)(H,102,131)(H,103,132)(H,104,119)(H,105,122)(H,106,123)(H,107,126)(H,108,127)(H,109,133)/t46-,47-,48-,49+,50+,51+,52+,53+,54+,55-,56-,57-,58-,59-,60-,61-,62-,63-,64-,65-,66-,67-,68-,69-/m0/s1. The van der Waals surface area contributed by atoms with E-state index in [9.17, 15) is 117 Å². The molecule has 0 saturated heterocycles. The third-order valence-corrected chi connectivity index (χ3v) is 21.2. The number of nitrogens with one attached hydrogen (secondary N) is 17. The Labute approximate surface area is 781 Å². The zero-order chi connectivity index (χ0) is 102. The van der Waals surface area contributed by atoms with E-state index in [0.29, 0.717) is 38.6 Å². The summed E-state index contributed by atoms with van der Waals surface area (Å²) in [5.41, 5.74) is 28.8. The Bertz CT molecular complexity index is 3740. The van der Waals surface area contributed by atoms with Crippen molar-refractivity contribution in [1.82, 2.24) is 90.4 Å². The minimum atomic E-state index is -1.84. The van der Waals surface area contributed by atoms with E-state index < -0.39 is 252 Å². The van der Waals surface area contributed by atoms with E-state index in [1.165, 1.54) is 27.7 Å². The Balaban J connectivity index is 6.76. The lowest BCUT2D eigenvalue weighted by Gasteiger charge is -2.30. The molecule has 0 radical (unpaired) electrons. The number of hydrogen-bond donors (Lipinski definition) is 28. The van der Waals surface area contributed by atoms with Gasteiger partial charge in [0.2, 0.25) is 106 Å². The molecule has 46 nitrogen and oxygen atoms in total. The molecule has 133 heavy (non-hydrogen) atoms. The van der Waals surface area contributed by atoms with E-state index >= 15 is 0 Å². The van der Waals surface area contributed by atoms with Crippen LogP contribution in [0.4, 0.5) is 0 Å². The Kier molecular flexibility index (Phi) is 57.9. The summed E-state index contributed by atoms with van der Waals surface area (Å²) in [6.45, 7) is 32.1. The number of amides is 18. The summed E-state index contributed by atoms with van der Waals surface area (Å²) < 4.78 is 0. The fourth-order valence-electron chi connectivity index (χ4n) is 13.7. The van der Waals surface area contributed by atoms with Crippen molar-refractivity contribution in [2.75, 3.05) is 19.6 Å². The second-order valence-corrected chi connectivity index (χ2v) is 37.2. The highest BCUT2D eigenvalue weighted by atomic mass is 16.3. The van der Waals surface area contributed by atoms with Crippen LogP contribution < -0.4 is 119 Å². The number of primary amides is 1. The molecule has 0 aliphatic rings. The second-order valence-electron chi connectivity index (χ2n) is 37.2. The largest absolute Gasteiger partial charge is 0.391 e. The zero-order valence-electron chi connectivity index (χ0n) is 81.5. The highest BCUT2D eigenvalue weighted by Crippen LogP contribution is 2.17. The van der Waals surface area contributed by atoms with Crippen LogP contribution in [0, 0.1) is 35.5 Å². The van der Waals surface area contributed by atoms with Gasteiger partial charge in [0.1, 0.15) is 103 Å². The number of rotatable bonds is 65. The third kappa shape index (κ3) is 47.2. The highest BCUT2D eigenvalue weighted by molar-refractivity contribution is 6.02. The number of aliphatic hydroxyl groups excluding tert-OH is 6. The van der Waals surface area contributed by atoms with Crippen LogP contribution in [0.1, 0.15) is 242 Å². The first-order valence-electron chi connectivity index (χ1n) is 46.2. The first kappa shape index (κ1) is 123. The Morgan fingerprint density at radius 3 is 0.624 bits per heavy atom. The number of aliphatic hydroxyl groups is 6. The van der Waals surface area contributed by atoms with Crippen LogP contribution in [0.3, 0.4) is 0 Å². The van der Waals surface area contributed by atoms with Crippen LogP contribution in [0.5, 0.6) is 0 Å². The maximum atomic E-state index is 14.5. The van der Waals surface area contributed by atoms with Crippen LogP contribution in [0.25, 0.3) is 0 Å². The van der Waals surface area contributed by atoms with Crippen molar-refractivity contribution in [3.05, 3.63) is 0 Å². The average Bonchev–Trinajstić information content (AvgIpc) is 0.849. The summed E-state index contributed by atoms with van der Waals surface area (Å²) in [4.78, 5) is 250. The molecular weight excluding hydrogens is 1740 g/mol. The molecular formula is C87H162N22O24. The minimum Gasteiger partial charge on any atom is -0.391 e. The monoisotopic (exact) mass is 1900 g/mol. The van der Waals surface area contributed by atoms with Crippen molar-refractivity contribution < 1.29 is 117 Å². The molecule has 18 amide bonds. The SMILES string of the molecule is CC(C)C[C@H](NC(=O)[C@@H](NC(=O)[C@@H](NC(=O)[C@H](CC(C)C)NC(=O)[C@@H](NC(=O)[C@H](CCCCN)NC(=O)[C@H](C)NC(=O)[C@H](CC(C)C)NC(=O)[C@H](CCCCN)NC(=O)[C@@H](NC(=O)[C@H](CC(C)C)NC(=O)[C@H](C)NC(=O)[C@@H](NC(=O)[C@H](C)NC(=O)[C@H](CC(C)C)NC(=O)[C@@H](NC(=O)[C@H](CCCCN)NC(=O)[C@@H](N)CC(C)C)[C@@H](C)O)[C@@H](C)O)[C@@H](C)O)[C@@H](C)O)[C@@H](C)O)[C@@H](C)O)C(N)=O. The number of nitrogens with two attached hydrogens (primary N) is 5. The summed E-state index contributed by atoms with van der Waals surface area (Å²) in [6.07, 6.45) is -7.87. The lowest BCUT2D eigenvalue weighted by Crippen LogP contribution is -2.63. The van der Waals surface area contributed by atoms with Gasteiger partial charge in [-0.2, -0.15) is 0 Å². The van der Waals surface area contributed by atoms with Crippen LogP contribution in [0.2, 0.25) is 0 Å². The van der Waals surface area contributed by atoms with Gasteiger partial charge in [0.05, 0.1) is 42.7 Å². The Hall–Kier alpha value is -9.94. The van der Waals surface area contributed by atoms with Gasteiger partial charge in [0.25, 0.3) is 0 Å². The summed E-state index contributed by atoms with van der Waals surface area (Å²) in [7, 11) is 0. The molecule has 24 atom stereocenters. The fourth-order valence-corrected chi connectivity index (χ4v) is 13.7. The van der Waals surface area contributed by atoms with Gasteiger partial charge in [-0.05, 0) is 214 Å². The quantitative estimate of drug-likeness (QED) is 0.0252. The topological polar surface area (TPSA) is 763 Å². The predicted octanol–water partition coefficient (Wildman–Crippen LogP) is -6.95. The molecule has 0 aromatic heterocycles. The van der Waals surface area contributed by atoms with Crippen molar-refractivity contribution in [3.8, 4) is 0 Å². The first-order chi connectivity index (χ1) is 61.8. The van der Waals surface area contributed by atoms with Crippen molar-refractivity contribution in [2.45, 2.75) is 387 Å². The maximum absolute atomic E-state index is 14.5. The van der Waals surface area contributed by atoms with Crippen LogP contribution in [-0.2, 0) is 86.3 Å². The van der Waals surface area contributed by atoms with E-state index in [-0.39, 0.29) is 113 Å². The molecule has 0 aliphatic heterocycles. The maximum Gasteiger partial charge on any atom is 0.245 e. The summed E-state index contributed by atoms with van der Waals surface area (Å²) in [5.74, 6) is -19.0. The predicted molar refractivity (Wildman–Crippen MR) is 493 cm³/mol. The van der Waals surface area contributed by atoms with Gasteiger partial charge in [-0.15, -0.1) is 0 Å². The third-order valence-electron chi connectivity index (χ3n) is 21.2. The molecule has 46 heteroatoms. The van der Waals surface area contributed by atoms with Crippen molar-refractivity contribution in [1.29, 1.82) is 0 Å². The van der Waals surface area contributed by atoms with E-state index in [0.717, 1.165) is 34.6 Å². The van der Waals surface area contributed by atoms with E-state index in [4.69, 9.17) is 28.7 Å². The molecule has 33 N–H and O–H groups in total. The molecule has 0 fully saturated rings. The molecule has 0 aromatic carbocycles. The van der Waals surface area contributed by atoms with Crippen molar-refractivity contribution in [2.24, 2.45) is 64.2 Å². The van der Waals surface area contributed by atoms with Crippen molar-refractivity contribution in [3.63, 3.8) is 0 Å². The number of unbranched alkanes of at least 4 members (excludes halogenated alkanes) is 3. The van der Waals surface area contributed by atoms with Gasteiger partial charge in [-0.3, -0.25) is 86.3 Å². The van der Waals surface area contributed by atoms with Gasteiger partial charge < -0.3 is 150 Å². The fraction of sp³-hybridized carbons (Fsp3) is 0.793. The van der Waals surface area contributed by atoms with E-state index in [1.807, 2.05) is 13.8 Å². The van der Waals surface area contributed by atoms with Crippen molar-refractivity contribution >= 4 is 106 Å². The number of hydrogen-bond acceptors (Lipinski definition) is 28. The lowest BCUT2D eigenvalue weighted by atomic mass is 10.0. The molecule has 0 spiro atoms. The van der Waals surface area contributed by atoms with E-state index in [1.54, 1.807) is 69.2 Å². The number of carbonyl (C=O) groups excluding carboxylic acids is 18. The van der Waals surface area contributed by atoms with Gasteiger partial charge >= 0.3 is 0 Å². The normalized spacial score (nSPS) is 17.0. The molecule has 0 aromatic rings. The lowest BCUT2D eigenvalue weighted by molar-refractivity contribution is -0.138. The highest BCUT2D eigenvalue weighted by Gasteiger charge is 2.42. The van der Waals surface area contributed by atoms with Gasteiger partial charge in [-0.1, -0.05) is 83.1 Å². The zero-order valence-corrected chi connectivity index (χ0v) is 81.5. The second kappa shape index (κ2) is 62.6. The smallest absolute Gasteiger partial charge is 0.245 e. The summed E-state index contributed by atoms with van der Waals surface area (Å²) >= 11 is 0. The number of carbonyl (C=O) groups is 18. The average molecular weight is 1900 g/mol. The summed E-state index contributed by atoms with van der Waals surface area (Å²) in [6, 6.07) is -27.3. The Morgan fingerprint density at radius 2 is 0.368 bits per heavy atom.